The molecule has 0 aromatic carbocycles. The van der Waals surface area contributed by atoms with Gasteiger partial charge < -0.3 is 9.80 Å². The number of anilines is 1. The molecule has 7 nitrogen and oxygen atoms in total. The van der Waals surface area contributed by atoms with Crippen molar-refractivity contribution >= 4 is 29.1 Å². The minimum Gasteiger partial charge on any atom is -0.354 e. The van der Waals surface area contributed by atoms with E-state index in [1.165, 1.54) is 0 Å². The molecule has 22 heavy (non-hydrogen) atoms. The smallest absolute Gasteiger partial charge is 0.227 e. The first kappa shape index (κ1) is 13.8. The van der Waals surface area contributed by atoms with Gasteiger partial charge in [-0.05, 0) is 18.6 Å². The molecule has 0 N–H and O–H groups in total. The highest BCUT2D eigenvalue weighted by atomic mass is 32.2. The molecule has 0 aliphatic carbocycles. The number of thioether (sulfide) groups is 1. The van der Waals surface area contributed by atoms with Crippen LogP contribution < -0.4 is 4.90 Å². The van der Waals surface area contributed by atoms with Crippen LogP contribution in [0.3, 0.4) is 0 Å². The van der Waals surface area contributed by atoms with Crippen LogP contribution in [-0.2, 0) is 4.79 Å². The van der Waals surface area contributed by atoms with Crippen LogP contribution in [-0.4, -0.2) is 68.3 Å². The minimum atomic E-state index is 0.0986. The average Bonchev–Trinajstić information content (AvgIpc) is 3.23. The molecule has 116 valence electrons. The standard InChI is InChI=1S/C14H18N6OS/c21-14(18-5-7-22-8-6-18)11-3-4-19(9-11)13-2-1-12-16-15-10-20(12)17-13/h1-2,10-11H,3-9H2. The van der Waals surface area contributed by atoms with E-state index < -0.39 is 0 Å². The van der Waals surface area contributed by atoms with Gasteiger partial charge in [0, 0.05) is 37.7 Å². The number of hydrogen-bond donors (Lipinski definition) is 0. The van der Waals surface area contributed by atoms with Gasteiger partial charge in [-0.15, -0.1) is 15.3 Å². The van der Waals surface area contributed by atoms with E-state index in [1.807, 2.05) is 28.8 Å². The molecule has 2 fully saturated rings. The van der Waals surface area contributed by atoms with Gasteiger partial charge in [-0.25, -0.2) is 0 Å². The molecule has 1 atom stereocenters. The maximum absolute atomic E-state index is 12.6. The highest BCUT2D eigenvalue weighted by molar-refractivity contribution is 7.99. The molecule has 8 heteroatoms. The predicted molar refractivity (Wildman–Crippen MR) is 85.0 cm³/mol. The molecule has 2 aromatic rings. The van der Waals surface area contributed by atoms with Crippen LogP contribution in [0.1, 0.15) is 6.42 Å². The van der Waals surface area contributed by atoms with E-state index in [0.717, 1.165) is 55.6 Å². The second kappa shape index (κ2) is 5.75. The molecule has 2 aromatic heterocycles. The van der Waals surface area contributed by atoms with Crippen molar-refractivity contribution in [2.24, 2.45) is 5.92 Å². The monoisotopic (exact) mass is 318 g/mol. The van der Waals surface area contributed by atoms with Crippen molar-refractivity contribution in [3.63, 3.8) is 0 Å². The van der Waals surface area contributed by atoms with Crippen molar-refractivity contribution in [3.05, 3.63) is 18.5 Å². The number of amides is 1. The maximum atomic E-state index is 12.6. The van der Waals surface area contributed by atoms with E-state index in [-0.39, 0.29) is 5.92 Å². The summed E-state index contributed by atoms with van der Waals surface area (Å²) >= 11 is 1.93. The zero-order chi connectivity index (χ0) is 14.9. The Kier molecular flexibility index (Phi) is 3.61. The number of carbonyl (C=O) groups is 1. The average molecular weight is 318 g/mol. The lowest BCUT2D eigenvalue weighted by Crippen LogP contribution is -2.42. The molecule has 0 radical (unpaired) electrons. The highest BCUT2D eigenvalue weighted by Crippen LogP contribution is 2.24. The van der Waals surface area contributed by atoms with Gasteiger partial charge >= 0.3 is 0 Å². The van der Waals surface area contributed by atoms with Crippen LogP contribution in [0.4, 0.5) is 5.82 Å². The lowest BCUT2D eigenvalue weighted by Gasteiger charge is -2.29. The Morgan fingerprint density at radius 2 is 2.09 bits per heavy atom. The van der Waals surface area contributed by atoms with Crippen molar-refractivity contribution in [2.75, 3.05) is 42.6 Å². The summed E-state index contributed by atoms with van der Waals surface area (Å²) in [4.78, 5) is 16.8. The van der Waals surface area contributed by atoms with E-state index in [9.17, 15) is 4.79 Å². The molecule has 1 unspecified atom stereocenters. The predicted octanol–water partition coefficient (Wildman–Crippen LogP) is 0.526. The number of fused-ring (bicyclic) bond motifs is 1. The van der Waals surface area contributed by atoms with E-state index in [2.05, 4.69) is 20.2 Å². The molecule has 0 saturated carbocycles. The fourth-order valence-electron chi connectivity index (χ4n) is 3.10. The first-order valence-electron chi connectivity index (χ1n) is 7.60. The third-order valence-electron chi connectivity index (χ3n) is 4.33. The molecule has 2 aliphatic heterocycles. The van der Waals surface area contributed by atoms with Gasteiger partial charge in [-0.3, -0.25) is 4.79 Å². The number of carbonyl (C=O) groups excluding carboxylic acids is 1. The maximum Gasteiger partial charge on any atom is 0.227 e. The zero-order valence-electron chi connectivity index (χ0n) is 12.3. The topological polar surface area (TPSA) is 66.6 Å². The Morgan fingerprint density at radius 3 is 2.95 bits per heavy atom. The lowest BCUT2D eigenvalue weighted by atomic mass is 10.1. The van der Waals surface area contributed by atoms with Gasteiger partial charge in [-0.1, -0.05) is 0 Å². The fourth-order valence-corrected chi connectivity index (χ4v) is 4.00. The van der Waals surface area contributed by atoms with Gasteiger partial charge in [0.25, 0.3) is 0 Å². The zero-order valence-corrected chi connectivity index (χ0v) is 13.1. The second-order valence-corrected chi connectivity index (χ2v) is 6.92. The third-order valence-corrected chi connectivity index (χ3v) is 5.27. The van der Waals surface area contributed by atoms with Gasteiger partial charge in [0.15, 0.2) is 5.65 Å². The first-order valence-corrected chi connectivity index (χ1v) is 8.75. The SMILES string of the molecule is O=C(C1CCN(c2ccc3nncn3n2)C1)N1CCSCC1. The van der Waals surface area contributed by atoms with E-state index in [4.69, 9.17) is 0 Å². The third kappa shape index (κ3) is 2.51. The Morgan fingerprint density at radius 1 is 1.23 bits per heavy atom. The van der Waals surface area contributed by atoms with Crippen LogP contribution >= 0.6 is 11.8 Å². The first-order chi connectivity index (χ1) is 10.8. The van der Waals surface area contributed by atoms with Gasteiger partial charge in [-0.2, -0.15) is 16.3 Å². The minimum absolute atomic E-state index is 0.0986. The van der Waals surface area contributed by atoms with Crippen molar-refractivity contribution < 1.29 is 4.79 Å². The second-order valence-electron chi connectivity index (χ2n) is 5.69. The molecular formula is C14H18N6OS. The van der Waals surface area contributed by atoms with Crippen molar-refractivity contribution in [2.45, 2.75) is 6.42 Å². The molecular weight excluding hydrogens is 300 g/mol. The summed E-state index contributed by atoms with van der Waals surface area (Å²) in [5.41, 5.74) is 0.737. The summed E-state index contributed by atoms with van der Waals surface area (Å²) in [6.45, 7) is 3.42. The van der Waals surface area contributed by atoms with Crippen molar-refractivity contribution in [1.29, 1.82) is 0 Å². The van der Waals surface area contributed by atoms with Gasteiger partial charge in [0.1, 0.15) is 12.1 Å². The molecule has 2 aliphatic rings. The Hall–Kier alpha value is -1.83. The number of hydrogen-bond acceptors (Lipinski definition) is 6. The molecule has 0 spiro atoms. The Bertz CT molecular complexity index is 683. The van der Waals surface area contributed by atoms with E-state index >= 15 is 0 Å². The summed E-state index contributed by atoms with van der Waals surface area (Å²) in [5.74, 6) is 3.42. The normalized spacial score (nSPS) is 22.5. The number of aromatic nitrogens is 4. The summed E-state index contributed by atoms with van der Waals surface area (Å²) < 4.78 is 1.67. The van der Waals surface area contributed by atoms with Crippen molar-refractivity contribution in [1.82, 2.24) is 24.7 Å². The van der Waals surface area contributed by atoms with Gasteiger partial charge in [0.05, 0.1) is 5.92 Å². The van der Waals surface area contributed by atoms with Crippen LogP contribution in [0.2, 0.25) is 0 Å². The van der Waals surface area contributed by atoms with E-state index in [1.54, 1.807) is 10.8 Å². The Labute approximate surface area is 132 Å². The molecule has 2 saturated heterocycles. The van der Waals surface area contributed by atoms with Crippen LogP contribution in [0.5, 0.6) is 0 Å². The highest BCUT2D eigenvalue weighted by Gasteiger charge is 2.32. The van der Waals surface area contributed by atoms with Crippen molar-refractivity contribution in [3.8, 4) is 0 Å². The largest absolute Gasteiger partial charge is 0.354 e. The summed E-state index contributed by atoms with van der Waals surface area (Å²) in [6.07, 6.45) is 2.51. The fraction of sp³-hybridized carbons (Fsp3) is 0.571. The summed E-state index contributed by atoms with van der Waals surface area (Å²) in [5, 5.41) is 12.3. The molecule has 0 bridgehead atoms. The quantitative estimate of drug-likeness (QED) is 0.804. The van der Waals surface area contributed by atoms with Crippen LogP contribution in [0, 0.1) is 5.92 Å². The van der Waals surface area contributed by atoms with E-state index in [0.29, 0.717) is 5.91 Å². The molecule has 4 rings (SSSR count). The lowest BCUT2D eigenvalue weighted by molar-refractivity contribution is -0.134. The van der Waals surface area contributed by atoms with Gasteiger partial charge in [0.2, 0.25) is 5.91 Å². The Balaban J connectivity index is 1.46. The summed E-state index contributed by atoms with van der Waals surface area (Å²) in [7, 11) is 0. The number of rotatable bonds is 2. The molecule has 1 amide bonds. The van der Waals surface area contributed by atoms with Crippen LogP contribution in [0.15, 0.2) is 18.5 Å². The molecule has 4 heterocycles. The van der Waals surface area contributed by atoms with Crippen LogP contribution in [0.25, 0.3) is 5.65 Å². The summed E-state index contributed by atoms with van der Waals surface area (Å²) in [6, 6.07) is 3.86. The number of nitrogens with zero attached hydrogens (tertiary/aromatic N) is 6.